The second kappa shape index (κ2) is 8.74. The molecule has 1 heterocycles. The van der Waals surface area contributed by atoms with Crippen molar-refractivity contribution in [3.63, 3.8) is 0 Å². The van der Waals surface area contributed by atoms with Gasteiger partial charge in [0, 0.05) is 37.4 Å². The van der Waals surface area contributed by atoms with Crippen molar-refractivity contribution in [1.29, 1.82) is 0 Å². The minimum atomic E-state index is -4.43. The number of hydrogen-bond acceptors (Lipinski definition) is 4. The van der Waals surface area contributed by atoms with Crippen LogP contribution in [0.4, 0.5) is 17.6 Å². The van der Waals surface area contributed by atoms with Gasteiger partial charge in [-0.1, -0.05) is 18.2 Å². The summed E-state index contributed by atoms with van der Waals surface area (Å²) in [5, 5.41) is 0. The van der Waals surface area contributed by atoms with Gasteiger partial charge in [0.15, 0.2) is 0 Å². The summed E-state index contributed by atoms with van der Waals surface area (Å²) in [7, 11) is 0. The normalized spacial score (nSPS) is 11.5. The van der Waals surface area contributed by atoms with Crippen LogP contribution in [-0.4, -0.2) is 15.8 Å². The van der Waals surface area contributed by atoms with Crippen molar-refractivity contribution in [2.45, 2.75) is 19.0 Å². The first-order valence-electron chi connectivity index (χ1n) is 9.63. The molecular formula is C24H16F4N2O2. The molecule has 0 amide bonds. The van der Waals surface area contributed by atoms with Crippen molar-refractivity contribution < 1.29 is 27.1 Å². The van der Waals surface area contributed by atoms with Crippen molar-refractivity contribution in [2.75, 3.05) is 0 Å². The minimum absolute atomic E-state index is 0.0893. The Hall–Kier alpha value is -3.81. The summed E-state index contributed by atoms with van der Waals surface area (Å²) in [4.78, 5) is 20.6. The zero-order chi connectivity index (χ0) is 22.7. The zero-order valence-corrected chi connectivity index (χ0v) is 16.6. The first-order chi connectivity index (χ1) is 15.3. The Balaban J connectivity index is 1.40. The minimum Gasteiger partial charge on any atom is -0.457 e. The van der Waals surface area contributed by atoms with Crippen molar-refractivity contribution in [3.8, 4) is 11.5 Å². The summed E-state index contributed by atoms with van der Waals surface area (Å²) in [6, 6.07) is 13.6. The van der Waals surface area contributed by atoms with Gasteiger partial charge in [-0.15, -0.1) is 0 Å². The Bertz CT molecular complexity index is 1270. The zero-order valence-electron chi connectivity index (χ0n) is 16.6. The summed E-state index contributed by atoms with van der Waals surface area (Å²) in [5.41, 5.74) is 1.17. The summed E-state index contributed by atoms with van der Waals surface area (Å²) in [6.07, 6.45) is -1.57. The average molecular weight is 440 g/mol. The van der Waals surface area contributed by atoms with Crippen LogP contribution in [0.1, 0.15) is 16.7 Å². The fraction of sp³-hybridized carbons (Fsp3) is 0.125. The van der Waals surface area contributed by atoms with Crippen LogP contribution in [-0.2, 0) is 23.8 Å². The number of hydrogen-bond donors (Lipinski definition) is 0. The van der Waals surface area contributed by atoms with Crippen molar-refractivity contribution >= 4 is 16.8 Å². The molecule has 4 rings (SSSR count). The molecule has 0 aliphatic carbocycles. The molecule has 4 aromatic rings. The van der Waals surface area contributed by atoms with Gasteiger partial charge < -0.3 is 4.74 Å². The van der Waals surface area contributed by atoms with E-state index in [9.17, 15) is 22.4 Å². The van der Waals surface area contributed by atoms with E-state index in [0.29, 0.717) is 22.3 Å². The van der Waals surface area contributed by atoms with E-state index in [4.69, 9.17) is 4.74 Å². The van der Waals surface area contributed by atoms with Crippen LogP contribution in [0.25, 0.3) is 11.0 Å². The highest BCUT2D eigenvalue weighted by Gasteiger charge is 2.30. The van der Waals surface area contributed by atoms with Crippen LogP contribution in [0.15, 0.2) is 73.1 Å². The number of ether oxygens (including phenoxy) is 1. The molecule has 0 saturated carbocycles. The van der Waals surface area contributed by atoms with E-state index in [1.807, 2.05) is 0 Å². The summed E-state index contributed by atoms with van der Waals surface area (Å²) >= 11 is 0. The predicted octanol–water partition coefficient (Wildman–Crippen LogP) is 5.93. The quantitative estimate of drug-likeness (QED) is 0.349. The number of carbonyl (C=O) groups is 1. The van der Waals surface area contributed by atoms with Crippen molar-refractivity contribution in [1.82, 2.24) is 9.97 Å². The lowest BCUT2D eigenvalue weighted by Gasteiger charge is -2.09. The molecular weight excluding hydrogens is 424 g/mol. The van der Waals surface area contributed by atoms with Crippen LogP contribution in [0.3, 0.4) is 0 Å². The van der Waals surface area contributed by atoms with Crippen LogP contribution in [0.5, 0.6) is 11.5 Å². The van der Waals surface area contributed by atoms with E-state index in [1.165, 1.54) is 24.3 Å². The Morgan fingerprint density at radius 1 is 0.812 bits per heavy atom. The summed E-state index contributed by atoms with van der Waals surface area (Å²) in [5.74, 6) is -0.206. The molecule has 0 aliphatic heterocycles. The molecule has 0 aliphatic rings. The van der Waals surface area contributed by atoms with Gasteiger partial charge in [0.1, 0.15) is 23.1 Å². The summed E-state index contributed by atoms with van der Waals surface area (Å²) < 4.78 is 58.1. The molecule has 162 valence electrons. The van der Waals surface area contributed by atoms with E-state index in [0.717, 1.165) is 12.1 Å². The molecule has 0 saturated heterocycles. The van der Waals surface area contributed by atoms with Gasteiger partial charge in [0.25, 0.3) is 0 Å². The molecule has 0 spiro atoms. The van der Waals surface area contributed by atoms with E-state index >= 15 is 0 Å². The van der Waals surface area contributed by atoms with Gasteiger partial charge in [-0.3, -0.25) is 14.8 Å². The number of halogens is 4. The fourth-order valence-electron chi connectivity index (χ4n) is 3.19. The molecule has 3 aromatic carbocycles. The predicted molar refractivity (Wildman–Crippen MR) is 110 cm³/mol. The molecule has 0 radical (unpaired) electrons. The lowest BCUT2D eigenvalue weighted by atomic mass is 10.0. The smallest absolute Gasteiger partial charge is 0.416 e. The molecule has 4 nitrogen and oxygen atoms in total. The Labute approximate surface area is 180 Å². The number of ketones is 1. The number of rotatable bonds is 6. The largest absolute Gasteiger partial charge is 0.457 e. The van der Waals surface area contributed by atoms with Gasteiger partial charge in [0.2, 0.25) is 0 Å². The average Bonchev–Trinajstić information content (AvgIpc) is 2.75. The highest BCUT2D eigenvalue weighted by Crippen LogP contribution is 2.29. The number of Topliss-reactive ketones (excluding diaryl/α,β-unsaturated/α-hetero) is 1. The maximum absolute atomic E-state index is 14.5. The molecule has 32 heavy (non-hydrogen) atoms. The fourth-order valence-corrected chi connectivity index (χ4v) is 3.19. The molecule has 1 aromatic heterocycles. The highest BCUT2D eigenvalue weighted by molar-refractivity contribution is 5.83. The Kier molecular flexibility index (Phi) is 5.85. The van der Waals surface area contributed by atoms with Gasteiger partial charge in [-0.05, 0) is 41.5 Å². The van der Waals surface area contributed by atoms with Gasteiger partial charge >= 0.3 is 6.18 Å². The molecule has 0 bridgehead atoms. The first-order valence-corrected chi connectivity index (χ1v) is 9.63. The molecule has 8 heteroatoms. The SMILES string of the molecule is O=C(Cc1ccc(C(F)(F)F)cc1)Cc1ccc(Oc2ccc3nccnc3c2)cc1F. The van der Waals surface area contributed by atoms with Crippen molar-refractivity contribution in [3.05, 3.63) is 95.6 Å². The van der Waals surface area contributed by atoms with Gasteiger partial charge in [-0.25, -0.2) is 4.39 Å². The number of benzene rings is 3. The molecule has 0 unspecified atom stereocenters. The topological polar surface area (TPSA) is 52.1 Å². The van der Waals surface area contributed by atoms with Gasteiger partial charge in [0.05, 0.1) is 16.6 Å². The van der Waals surface area contributed by atoms with E-state index in [1.54, 1.807) is 36.7 Å². The Morgan fingerprint density at radius 3 is 2.16 bits per heavy atom. The second-order valence-corrected chi connectivity index (χ2v) is 7.15. The molecule has 0 atom stereocenters. The monoisotopic (exact) mass is 440 g/mol. The van der Waals surface area contributed by atoms with Crippen molar-refractivity contribution in [2.24, 2.45) is 0 Å². The lowest BCUT2D eigenvalue weighted by molar-refractivity contribution is -0.137. The second-order valence-electron chi connectivity index (χ2n) is 7.15. The van der Waals surface area contributed by atoms with Crippen LogP contribution < -0.4 is 4.74 Å². The standard InChI is InChI=1S/C24H16F4N2O2/c25-21-13-19(32-20-7-8-22-23(14-20)30-10-9-29-22)6-3-16(21)12-18(31)11-15-1-4-17(5-2-15)24(26,27)28/h1-10,13-14H,11-12H2. The maximum atomic E-state index is 14.5. The molecule has 0 fully saturated rings. The molecule has 0 N–H and O–H groups in total. The number of fused-ring (bicyclic) bond motifs is 1. The van der Waals surface area contributed by atoms with E-state index in [2.05, 4.69) is 9.97 Å². The van der Waals surface area contributed by atoms with Gasteiger partial charge in [-0.2, -0.15) is 13.2 Å². The third-order valence-corrected chi connectivity index (χ3v) is 4.77. The number of aromatic nitrogens is 2. The van der Waals surface area contributed by atoms with Crippen LogP contribution in [0, 0.1) is 5.82 Å². The van der Waals surface area contributed by atoms with E-state index < -0.39 is 17.6 Å². The van der Waals surface area contributed by atoms with Crippen LogP contribution in [0.2, 0.25) is 0 Å². The number of nitrogens with zero attached hydrogens (tertiary/aromatic N) is 2. The van der Waals surface area contributed by atoms with E-state index in [-0.39, 0.29) is 29.9 Å². The number of carbonyl (C=O) groups excluding carboxylic acids is 1. The summed E-state index contributed by atoms with van der Waals surface area (Å²) in [6.45, 7) is 0. The third-order valence-electron chi connectivity index (χ3n) is 4.77. The third kappa shape index (κ3) is 5.08. The Morgan fingerprint density at radius 2 is 1.47 bits per heavy atom. The van der Waals surface area contributed by atoms with Crippen LogP contribution >= 0.6 is 0 Å². The highest BCUT2D eigenvalue weighted by atomic mass is 19.4. The first kappa shape index (κ1) is 21.4. The maximum Gasteiger partial charge on any atom is 0.416 e. The number of alkyl halides is 3. The lowest BCUT2D eigenvalue weighted by Crippen LogP contribution is -2.09.